The minimum Gasteiger partial charge on any atom is -0.505 e. The molecule has 2 N–H and O–H groups in total. The van der Waals surface area contributed by atoms with Gasteiger partial charge in [0.05, 0.1) is 15.6 Å². The van der Waals surface area contributed by atoms with Gasteiger partial charge >= 0.3 is 0 Å². The lowest BCUT2D eigenvalue weighted by atomic mass is 10.3. The summed E-state index contributed by atoms with van der Waals surface area (Å²) in [4.78, 5) is 11.1. The van der Waals surface area contributed by atoms with E-state index >= 15 is 0 Å². The van der Waals surface area contributed by atoms with E-state index in [-0.39, 0.29) is 17.2 Å². The van der Waals surface area contributed by atoms with Crippen LogP contribution >= 0.6 is 27.5 Å². The third-order valence-electron chi connectivity index (χ3n) is 1.54. The summed E-state index contributed by atoms with van der Waals surface area (Å²) in [5.74, 6) is -0.513. The molecule has 0 atom stereocenters. The molecule has 0 bridgehead atoms. The molecule has 0 heterocycles. The fourth-order valence-corrected chi connectivity index (χ4v) is 1.71. The van der Waals surface area contributed by atoms with Gasteiger partial charge in [0.15, 0.2) is 0 Å². The minimum absolute atomic E-state index is 0.0880. The van der Waals surface area contributed by atoms with Crippen molar-refractivity contribution in [2.45, 2.75) is 6.42 Å². The van der Waals surface area contributed by atoms with Crippen molar-refractivity contribution in [3.8, 4) is 11.8 Å². The van der Waals surface area contributed by atoms with Gasteiger partial charge in [-0.05, 0) is 28.1 Å². The van der Waals surface area contributed by atoms with Crippen LogP contribution in [-0.2, 0) is 4.79 Å². The number of amides is 1. The van der Waals surface area contributed by atoms with Crippen molar-refractivity contribution in [1.82, 2.24) is 0 Å². The molecular formula is C9H6BrClN2O2. The second kappa shape index (κ2) is 5.01. The number of halogens is 2. The van der Waals surface area contributed by atoms with Crippen molar-refractivity contribution in [1.29, 1.82) is 5.26 Å². The largest absolute Gasteiger partial charge is 0.505 e. The molecule has 0 radical (unpaired) electrons. The maximum Gasteiger partial charge on any atom is 0.238 e. The fraction of sp³-hybridized carbons (Fsp3) is 0.111. The van der Waals surface area contributed by atoms with Gasteiger partial charge in [-0.3, -0.25) is 4.79 Å². The van der Waals surface area contributed by atoms with Gasteiger partial charge in [0, 0.05) is 5.69 Å². The van der Waals surface area contributed by atoms with Gasteiger partial charge in [0.25, 0.3) is 0 Å². The van der Waals surface area contributed by atoms with E-state index in [1.807, 2.05) is 0 Å². The van der Waals surface area contributed by atoms with Gasteiger partial charge in [0.2, 0.25) is 5.91 Å². The van der Waals surface area contributed by atoms with Crippen molar-refractivity contribution in [3.63, 3.8) is 0 Å². The predicted molar refractivity (Wildman–Crippen MR) is 59.7 cm³/mol. The van der Waals surface area contributed by atoms with Crippen LogP contribution in [0, 0.1) is 11.3 Å². The number of nitrogens with one attached hydrogen (secondary N) is 1. The van der Waals surface area contributed by atoms with Gasteiger partial charge in [-0.2, -0.15) is 5.26 Å². The van der Waals surface area contributed by atoms with Crippen LogP contribution in [0.5, 0.6) is 5.75 Å². The first-order valence-electron chi connectivity index (χ1n) is 3.89. The summed E-state index contributed by atoms with van der Waals surface area (Å²) in [6.45, 7) is 0. The number of aromatic hydroxyl groups is 1. The smallest absolute Gasteiger partial charge is 0.238 e. The predicted octanol–water partition coefficient (Wildman–Crippen LogP) is 2.66. The zero-order valence-corrected chi connectivity index (χ0v) is 9.76. The number of hydrogen-bond donors (Lipinski definition) is 2. The number of phenols is 1. The van der Waals surface area contributed by atoms with E-state index < -0.39 is 5.91 Å². The highest BCUT2D eigenvalue weighted by Gasteiger charge is 2.08. The fourth-order valence-electron chi connectivity index (χ4n) is 0.915. The first kappa shape index (κ1) is 11.8. The standard InChI is InChI=1S/C9H6BrClN2O2/c10-6-3-5(4-7(11)9(6)15)13-8(14)1-2-12/h3-4,15H,1H2,(H,13,14). The van der Waals surface area contributed by atoms with E-state index in [9.17, 15) is 9.90 Å². The summed E-state index contributed by atoms with van der Waals surface area (Å²) in [5.41, 5.74) is 0.421. The van der Waals surface area contributed by atoms with Crippen LogP contribution in [0.1, 0.15) is 6.42 Å². The molecule has 6 heteroatoms. The molecule has 1 rings (SSSR count). The van der Waals surface area contributed by atoms with Gasteiger partial charge in [-0.25, -0.2) is 0 Å². The number of carbonyl (C=O) groups excluding carboxylic acids is 1. The Kier molecular flexibility index (Phi) is 3.95. The molecule has 0 saturated carbocycles. The van der Waals surface area contributed by atoms with E-state index in [0.29, 0.717) is 10.2 Å². The highest BCUT2D eigenvalue weighted by atomic mass is 79.9. The van der Waals surface area contributed by atoms with Crippen LogP contribution < -0.4 is 5.32 Å². The van der Waals surface area contributed by atoms with Crippen LogP contribution in [0.15, 0.2) is 16.6 Å². The summed E-state index contributed by atoms with van der Waals surface area (Å²) in [6.07, 6.45) is -0.226. The Morgan fingerprint density at radius 1 is 1.67 bits per heavy atom. The van der Waals surface area contributed by atoms with Crippen molar-refractivity contribution < 1.29 is 9.90 Å². The number of carbonyl (C=O) groups is 1. The lowest BCUT2D eigenvalue weighted by molar-refractivity contribution is -0.115. The van der Waals surface area contributed by atoms with Crippen molar-refractivity contribution in [3.05, 3.63) is 21.6 Å². The molecule has 0 saturated heterocycles. The summed E-state index contributed by atoms with van der Waals surface area (Å²) >= 11 is 8.76. The molecule has 1 aromatic rings. The number of benzene rings is 1. The quantitative estimate of drug-likeness (QED) is 0.822. The lowest BCUT2D eigenvalue weighted by Crippen LogP contribution is -2.09. The first-order chi connectivity index (χ1) is 7.04. The maximum atomic E-state index is 11.1. The molecule has 1 amide bonds. The topological polar surface area (TPSA) is 73.1 Å². The molecule has 0 aromatic heterocycles. The summed E-state index contributed by atoms with van der Waals surface area (Å²) in [7, 11) is 0. The summed E-state index contributed by atoms with van der Waals surface area (Å²) < 4.78 is 0.377. The zero-order chi connectivity index (χ0) is 11.4. The molecule has 0 aliphatic heterocycles. The normalized spacial score (nSPS) is 9.40. The Hall–Kier alpha value is -1.25. The highest BCUT2D eigenvalue weighted by molar-refractivity contribution is 9.10. The molecule has 4 nitrogen and oxygen atoms in total. The molecule has 0 aliphatic carbocycles. The van der Waals surface area contributed by atoms with E-state index in [0.717, 1.165) is 0 Å². The number of hydrogen-bond acceptors (Lipinski definition) is 3. The molecule has 0 spiro atoms. The number of rotatable bonds is 2. The third kappa shape index (κ3) is 3.11. The average Bonchev–Trinajstić information content (AvgIpc) is 2.14. The van der Waals surface area contributed by atoms with Crippen LogP contribution in [0.3, 0.4) is 0 Å². The number of nitrogens with zero attached hydrogens (tertiary/aromatic N) is 1. The second-order valence-electron chi connectivity index (χ2n) is 2.67. The van der Waals surface area contributed by atoms with Crippen molar-refractivity contribution in [2.75, 3.05) is 5.32 Å². The Labute approximate surface area is 99.6 Å². The van der Waals surface area contributed by atoms with Gasteiger partial charge in [0.1, 0.15) is 12.2 Å². The molecule has 0 unspecified atom stereocenters. The minimum atomic E-state index is -0.425. The number of anilines is 1. The monoisotopic (exact) mass is 288 g/mol. The van der Waals surface area contributed by atoms with Crippen molar-refractivity contribution in [2.24, 2.45) is 0 Å². The Morgan fingerprint density at radius 2 is 2.33 bits per heavy atom. The third-order valence-corrected chi connectivity index (χ3v) is 2.43. The van der Waals surface area contributed by atoms with Gasteiger partial charge in [-0.15, -0.1) is 0 Å². The zero-order valence-electron chi connectivity index (χ0n) is 7.42. The van der Waals surface area contributed by atoms with E-state index in [2.05, 4.69) is 21.2 Å². The average molecular weight is 290 g/mol. The van der Waals surface area contributed by atoms with Crippen LogP contribution in [-0.4, -0.2) is 11.0 Å². The molecule has 1 aromatic carbocycles. The lowest BCUT2D eigenvalue weighted by Gasteiger charge is -2.06. The Balaban J connectivity index is 2.89. The second-order valence-corrected chi connectivity index (χ2v) is 3.93. The van der Waals surface area contributed by atoms with Crippen LogP contribution in [0.25, 0.3) is 0 Å². The van der Waals surface area contributed by atoms with E-state index in [1.54, 1.807) is 6.07 Å². The highest BCUT2D eigenvalue weighted by Crippen LogP contribution is 2.34. The molecule has 0 aliphatic rings. The Morgan fingerprint density at radius 3 is 2.87 bits per heavy atom. The number of nitriles is 1. The SMILES string of the molecule is N#CCC(=O)Nc1cc(Cl)c(O)c(Br)c1. The first-order valence-corrected chi connectivity index (χ1v) is 5.06. The van der Waals surface area contributed by atoms with E-state index in [1.165, 1.54) is 12.1 Å². The molecular weight excluding hydrogens is 283 g/mol. The molecule has 78 valence electrons. The molecule has 15 heavy (non-hydrogen) atoms. The van der Waals surface area contributed by atoms with Crippen LogP contribution in [0.4, 0.5) is 5.69 Å². The summed E-state index contributed by atoms with van der Waals surface area (Å²) in [5, 5.41) is 20.2. The maximum absolute atomic E-state index is 11.1. The summed E-state index contributed by atoms with van der Waals surface area (Å²) in [6, 6.07) is 4.62. The van der Waals surface area contributed by atoms with Crippen molar-refractivity contribution >= 4 is 39.1 Å². The molecule has 0 fully saturated rings. The van der Waals surface area contributed by atoms with Gasteiger partial charge in [-0.1, -0.05) is 11.6 Å². The van der Waals surface area contributed by atoms with E-state index in [4.69, 9.17) is 16.9 Å². The Bertz CT molecular complexity index is 419. The van der Waals surface area contributed by atoms with Gasteiger partial charge < -0.3 is 10.4 Å². The number of phenolic OH excluding ortho intramolecular Hbond substituents is 1. The van der Waals surface area contributed by atoms with Crippen LogP contribution in [0.2, 0.25) is 5.02 Å².